The Morgan fingerprint density at radius 3 is 2.80 bits per heavy atom. The van der Waals surface area contributed by atoms with Gasteiger partial charge in [-0.15, -0.1) is 0 Å². The predicted molar refractivity (Wildman–Crippen MR) is 41.4 cm³/mol. The largest absolute Gasteiger partial charge is 0.379 e. The molecule has 0 N–H and O–H groups in total. The minimum atomic E-state index is 0.833. The van der Waals surface area contributed by atoms with E-state index in [-0.39, 0.29) is 0 Å². The van der Waals surface area contributed by atoms with E-state index < -0.39 is 0 Å². The van der Waals surface area contributed by atoms with E-state index in [1.54, 1.807) is 0 Å². The van der Waals surface area contributed by atoms with E-state index >= 15 is 0 Å². The van der Waals surface area contributed by atoms with Crippen LogP contribution in [-0.2, 0) is 4.74 Å². The van der Waals surface area contributed by atoms with Crippen LogP contribution in [0, 0.1) is 0 Å². The average Bonchev–Trinajstić information content (AvgIpc) is 2.03. The van der Waals surface area contributed by atoms with E-state index in [2.05, 4.69) is 9.89 Å². The van der Waals surface area contributed by atoms with Gasteiger partial charge >= 0.3 is 0 Å². The van der Waals surface area contributed by atoms with E-state index in [0.717, 1.165) is 33.0 Å². The molecule has 1 aliphatic heterocycles. The van der Waals surface area contributed by atoms with Gasteiger partial charge in [0.2, 0.25) is 0 Å². The van der Waals surface area contributed by atoms with Gasteiger partial charge in [0.25, 0.3) is 0 Å². The van der Waals surface area contributed by atoms with Crippen molar-refractivity contribution in [3.8, 4) is 0 Å². The maximum atomic E-state index is 5.19. The van der Waals surface area contributed by atoms with Gasteiger partial charge in [-0.2, -0.15) is 0 Å². The molecule has 0 atom stereocenters. The van der Waals surface area contributed by atoms with Gasteiger partial charge < -0.3 is 4.74 Å². The summed E-state index contributed by atoms with van der Waals surface area (Å²) in [6.45, 7) is 6.55. The topological polar surface area (TPSA) is 24.8 Å². The van der Waals surface area contributed by atoms with Crippen molar-refractivity contribution < 1.29 is 4.74 Å². The van der Waals surface area contributed by atoms with Crippen LogP contribution in [0.25, 0.3) is 0 Å². The maximum Gasteiger partial charge on any atom is 0.0906 e. The molecule has 3 heteroatoms. The summed E-state index contributed by atoms with van der Waals surface area (Å²) in [5, 5.41) is 0. The van der Waals surface area contributed by atoms with Crippen LogP contribution in [0.3, 0.4) is 0 Å². The van der Waals surface area contributed by atoms with Crippen LogP contribution in [0.1, 0.15) is 6.92 Å². The fourth-order valence-corrected chi connectivity index (χ4v) is 0.940. The molecule has 3 nitrogen and oxygen atoms in total. The molecule has 0 aromatic heterocycles. The molecule has 0 bridgehead atoms. The van der Waals surface area contributed by atoms with Crippen LogP contribution in [0.4, 0.5) is 0 Å². The van der Waals surface area contributed by atoms with Crippen molar-refractivity contribution >= 4 is 6.21 Å². The van der Waals surface area contributed by atoms with E-state index in [0.29, 0.717) is 0 Å². The second kappa shape index (κ2) is 4.41. The maximum absolute atomic E-state index is 5.19. The van der Waals surface area contributed by atoms with Gasteiger partial charge in [-0.3, -0.25) is 9.89 Å². The van der Waals surface area contributed by atoms with Crippen molar-refractivity contribution in [3.63, 3.8) is 0 Å². The minimum Gasteiger partial charge on any atom is -0.379 e. The molecule has 1 fully saturated rings. The van der Waals surface area contributed by atoms with Crippen LogP contribution < -0.4 is 0 Å². The Morgan fingerprint density at radius 1 is 1.50 bits per heavy atom. The summed E-state index contributed by atoms with van der Waals surface area (Å²) in [6, 6.07) is 0. The molecule has 1 aliphatic rings. The zero-order chi connectivity index (χ0) is 7.23. The number of hydrogen-bond donors (Lipinski definition) is 0. The summed E-state index contributed by atoms with van der Waals surface area (Å²) in [5.74, 6) is 0. The molecule has 10 heavy (non-hydrogen) atoms. The first-order valence-corrected chi connectivity index (χ1v) is 3.68. The van der Waals surface area contributed by atoms with Crippen molar-refractivity contribution in [2.75, 3.05) is 33.0 Å². The fraction of sp³-hybridized carbons (Fsp3) is 0.857. The van der Waals surface area contributed by atoms with Gasteiger partial charge in [0, 0.05) is 13.1 Å². The lowest BCUT2D eigenvalue weighted by molar-refractivity contribution is 0.0395. The summed E-state index contributed by atoms with van der Waals surface area (Å²) in [6.07, 6.45) is 1.84. The van der Waals surface area contributed by atoms with Crippen LogP contribution in [0.15, 0.2) is 4.99 Å². The van der Waals surface area contributed by atoms with Gasteiger partial charge in [-0.25, -0.2) is 0 Å². The monoisotopic (exact) mass is 142 g/mol. The second-order valence-corrected chi connectivity index (χ2v) is 2.31. The van der Waals surface area contributed by atoms with E-state index in [9.17, 15) is 0 Å². The van der Waals surface area contributed by atoms with Crippen LogP contribution in [-0.4, -0.2) is 44.1 Å². The molecule has 0 unspecified atom stereocenters. The minimum absolute atomic E-state index is 0.833. The summed E-state index contributed by atoms with van der Waals surface area (Å²) >= 11 is 0. The fourth-order valence-electron chi connectivity index (χ4n) is 0.940. The summed E-state index contributed by atoms with van der Waals surface area (Å²) in [5.41, 5.74) is 0. The first-order valence-electron chi connectivity index (χ1n) is 3.68. The van der Waals surface area contributed by atoms with E-state index in [1.807, 2.05) is 13.1 Å². The lowest BCUT2D eigenvalue weighted by Crippen LogP contribution is -2.36. The van der Waals surface area contributed by atoms with Crippen LogP contribution in [0.2, 0.25) is 0 Å². The molecule has 58 valence electrons. The molecular formula is C7H14N2O. The highest BCUT2D eigenvalue weighted by Gasteiger charge is 2.07. The third kappa shape index (κ3) is 2.45. The van der Waals surface area contributed by atoms with Gasteiger partial charge in [0.1, 0.15) is 0 Å². The molecule has 0 saturated carbocycles. The Hall–Kier alpha value is -0.410. The normalized spacial score (nSPS) is 22.1. The summed E-state index contributed by atoms with van der Waals surface area (Å²) in [4.78, 5) is 6.42. The molecule has 0 aromatic carbocycles. The lowest BCUT2D eigenvalue weighted by atomic mass is 10.5. The molecule has 1 rings (SSSR count). The first-order chi connectivity index (χ1) is 4.93. The average molecular weight is 142 g/mol. The number of nitrogens with zero attached hydrogens (tertiary/aromatic N) is 2. The lowest BCUT2D eigenvalue weighted by Gasteiger charge is -2.24. The molecule has 1 heterocycles. The summed E-state index contributed by atoms with van der Waals surface area (Å²) < 4.78 is 5.19. The number of morpholine rings is 1. The molecule has 0 amide bonds. The highest BCUT2D eigenvalue weighted by atomic mass is 16.5. The molecule has 0 radical (unpaired) electrons. The zero-order valence-electron chi connectivity index (χ0n) is 6.42. The second-order valence-electron chi connectivity index (χ2n) is 2.31. The molecule has 0 aromatic rings. The predicted octanol–water partition coefficient (Wildman–Crippen LogP) is 0.367. The van der Waals surface area contributed by atoms with Gasteiger partial charge in [-0.05, 0) is 13.1 Å². The third-order valence-corrected chi connectivity index (χ3v) is 1.57. The standard InChI is InChI=1S/C7H14N2O/c1-2-8-7-9-3-5-10-6-4-9/h2H,3-7H2,1H3/b8-2+. The van der Waals surface area contributed by atoms with Crippen molar-refractivity contribution in [1.82, 2.24) is 4.90 Å². The molecular weight excluding hydrogens is 128 g/mol. The van der Waals surface area contributed by atoms with Crippen molar-refractivity contribution in [3.05, 3.63) is 0 Å². The first kappa shape index (κ1) is 7.69. The Bertz CT molecular complexity index is 108. The zero-order valence-corrected chi connectivity index (χ0v) is 6.42. The molecule has 0 aliphatic carbocycles. The van der Waals surface area contributed by atoms with Gasteiger partial charge in [-0.1, -0.05) is 0 Å². The van der Waals surface area contributed by atoms with Gasteiger partial charge in [0.15, 0.2) is 0 Å². The van der Waals surface area contributed by atoms with Crippen molar-refractivity contribution in [1.29, 1.82) is 0 Å². The van der Waals surface area contributed by atoms with Crippen molar-refractivity contribution in [2.24, 2.45) is 4.99 Å². The highest BCUT2D eigenvalue weighted by Crippen LogP contribution is 1.95. The molecule has 1 saturated heterocycles. The number of ether oxygens (including phenoxy) is 1. The van der Waals surface area contributed by atoms with Crippen molar-refractivity contribution in [2.45, 2.75) is 6.92 Å². The van der Waals surface area contributed by atoms with Crippen LogP contribution >= 0.6 is 0 Å². The van der Waals surface area contributed by atoms with Crippen LogP contribution in [0.5, 0.6) is 0 Å². The quantitative estimate of drug-likeness (QED) is 0.520. The Labute approximate surface area is 61.7 Å². The number of hydrogen-bond acceptors (Lipinski definition) is 3. The van der Waals surface area contributed by atoms with E-state index in [1.165, 1.54) is 0 Å². The Morgan fingerprint density at radius 2 is 2.20 bits per heavy atom. The number of rotatable bonds is 2. The molecule has 0 spiro atoms. The third-order valence-electron chi connectivity index (χ3n) is 1.57. The van der Waals surface area contributed by atoms with E-state index in [4.69, 9.17) is 4.74 Å². The number of aliphatic imine (C=N–C) groups is 1. The Balaban J connectivity index is 2.13. The van der Waals surface area contributed by atoms with Gasteiger partial charge in [0.05, 0.1) is 19.9 Å². The SMILES string of the molecule is C/C=N/CN1CCOCC1. The summed E-state index contributed by atoms with van der Waals surface area (Å²) in [7, 11) is 0. The smallest absolute Gasteiger partial charge is 0.0906 e. The Kier molecular flexibility index (Phi) is 3.40. The highest BCUT2D eigenvalue weighted by molar-refractivity contribution is 5.53.